The Balaban J connectivity index is 1.60. The molecule has 6 heteroatoms. The quantitative estimate of drug-likeness (QED) is 0.762. The molecule has 0 bridgehead atoms. The molecule has 1 atom stereocenters. The number of hydrogen-bond donors (Lipinski definition) is 1. The van der Waals surface area contributed by atoms with Gasteiger partial charge < -0.3 is 5.32 Å². The molecule has 0 spiro atoms. The highest BCUT2D eigenvalue weighted by Crippen LogP contribution is 2.34. The van der Waals surface area contributed by atoms with Crippen molar-refractivity contribution in [2.24, 2.45) is 0 Å². The summed E-state index contributed by atoms with van der Waals surface area (Å²) in [6.07, 6.45) is 0.807. The third-order valence-corrected chi connectivity index (χ3v) is 5.23. The zero-order chi connectivity index (χ0) is 20.2. The Bertz CT molecular complexity index is 1010. The van der Waals surface area contributed by atoms with Gasteiger partial charge in [-0.15, -0.1) is 0 Å². The summed E-state index contributed by atoms with van der Waals surface area (Å²) in [6.45, 7) is 7.47. The number of benzene rings is 2. The molecule has 0 aliphatic carbocycles. The first-order valence-corrected chi connectivity index (χ1v) is 9.39. The van der Waals surface area contributed by atoms with Crippen molar-refractivity contribution in [1.82, 2.24) is 4.90 Å². The molecule has 6 nitrogen and oxygen atoms in total. The lowest BCUT2D eigenvalue weighted by Gasteiger charge is -2.29. The molecule has 2 aliphatic rings. The van der Waals surface area contributed by atoms with E-state index >= 15 is 0 Å². The topological polar surface area (TPSA) is 69.7 Å². The van der Waals surface area contributed by atoms with Crippen LogP contribution in [0.3, 0.4) is 0 Å². The summed E-state index contributed by atoms with van der Waals surface area (Å²) < 4.78 is 0. The Morgan fingerprint density at radius 3 is 2.43 bits per heavy atom. The molecule has 4 amide bonds. The van der Waals surface area contributed by atoms with Gasteiger partial charge in [0.2, 0.25) is 0 Å². The van der Waals surface area contributed by atoms with Crippen LogP contribution in [0, 0.1) is 0 Å². The van der Waals surface area contributed by atoms with Crippen LogP contribution >= 0.6 is 0 Å². The molecular formula is C22H23N3O3. The van der Waals surface area contributed by atoms with Crippen LogP contribution in [0.2, 0.25) is 0 Å². The van der Waals surface area contributed by atoms with Crippen LogP contribution in [0.5, 0.6) is 0 Å². The SMILES string of the molecule is CC1Cc2ccccc2N1C(=O)Nc1ccc2c(c1)C(=O)N(C(C)(C)C)C2=O. The van der Waals surface area contributed by atoms with Gasteiger partial charge in [0.05, 0.1) is 11.1 Å². The van der Waals surface area contributed by atoms with Crippen molar-refractivity contribution >= 4 is 29.2 Å². The number of anilines is 2. The number of urea groups is 1. The van der Waals surface area contributed by atoms with E-state index in [1.54, 1.807) is 23.1 Å². The number of carbonyl (C=O) groups is 3. The lowest BCUT2D eigenvalue weighted by atomic mass is 10.1. The fourth-order valence-electron chi connectivity index (χ4n) is 3.99. The summed E-state index contributed by atoms with van der Waals surface area (Å²) >= 11 is 0. The van der Waals surface area contributed by atoms with Crippen LogP contribution in [-0.2, 0) is 6.42 Å². The fourth-order valence-corrected chi connectivity index (χ4v) is 3.99. The van der Waals surface area contributed by atoms with Crippen molar-refractivity contribution in [3.63, 3.8) is 0 Å². The summed E-state index contributed by atoms with van der Waals surface area (Å²) in [5.74, 6) is -0.629. The molecule has 4 rings (SSSR count). The number of para-hydroxylation sites is 1. The Kier molecular flexibility index (Phi) is 4.03. The summed E-state index contributed by atoms with van der Waals surface area (Å²) in [7, 11) is 0. The average molecular weight is 377 g/mol. The summed E-state index contributed by atoms with van der Waals surface area (Å²) in [5, 5.41) is 2.88. The van der Waals surface area contributed by atoms with Crippen LogP contribution in [0.25, 0.3) is 0 Å². The molecule has 1 N–H and O–H groups in total. The smallest absolute Gasteiger partial charge is 0.308 e. The molecule has 2 aromatic rings. The summed E-state index contributed by atoms with van der Waals surface area (Å²) in [5.41, 5.74) is 2.63. The molecule has 28 heavy (non-hydrogen) atoms. The number of hydrogen-bond acceptors (Lipinski definition) is 3. The van der Waals surface area contributed by atoms with Crippen molar-refractivity contribution in [2.75, 3.05) is 10.2 Å². The minimum Gasteiger partial charge on any atom is -0.308 e. The molecule has 2 heterocycles. The van der Waals surface area contributed by atoms with Gasteiger partial charge in [-0.3, -0.25) is 19.4 Å². The Morgan fingerprint density at radius 1 is 1.04 bits per heavy atom. The van der Waals surface area contributed by atoms with Gasteiger partial charge in [0.1, 0.15) is 0 Å². The van der Waals surface area contributed by atoms with Crippen molar-refractivity contribution in [3.8, 4) is 0 Å². The van der Waals surface area contributed by atoms with Gasteiger partial charge in [-0.05, 0) is 63.9 Å². The average Bonchev–Trinajstić information content (AvgIpc) is 3.08. The highest BCUT2D eigenvalue weighted by atomic mass is 16.2. The van der Waals surface area contributed by atoms with E-state index in [0.29, 0.717) is 16.8 Å². The van der Waals surface area contributed by atoms with Gasteiger partial charge in [-0.1, -0.05) is 18.2 Å². The van der Waals surface area contributed by atoms with Gasteiger partial charge in [0.25, 0.3) is 11.8 Å². The first-order valence-electron chi connectivity index (χ1n) is 9.39. The second-order valence-electron chi connectivity index (χ2n) is 8.36. The second kappa shape index (κ2) is 6.19. The predicted octanol–water partition coefficient (Wildman–Crippen LogP) is 4.06. The lowest BCUT2D eigenvalue weighted by Crippen LogP contribution is -2.45. The van der Waals surface area contributed by atoms with Crippen molar-refractivity contribution < 1.29 is 14.4 Å². The fraction of sp³-hybridized carbons (Fsp3) is 0.318. The standard InChI is InChI=1S/C22H23N3O3/c1-13-11-14-7-5-6-8-18(14)24(13)21(28)23-15-9-10-16-17(12-15)20(27)25(19(16)26)22(2,3)4/h5-10,12-13H,11H2,1-4H3,(H,23,28). The molecule has 0 saturated heterocycles. The van der Waals surface area contributed by atoms with Gasteiger partial charge in [-0.25, -0.2) is 4.79 Å². The number of imide groups is 1. The molecular weight excluding hydrogens is 354 g/mol. The normalized spacial score (nSPS) is 18.4. The van der Waals surface area contributed by atoms with Crippen molar-refractivity contribution in [3.05, 3.63) is 59.2 Å². The third kappa shape index (κ3) is 2.76. The van der Waals surface area contributed by atoms with Crippen LogP contribution < -0.4 is 10.2 Å². The van der Waals surface area contributed by atoms with E-state index in [1.165, 1.54) is 4.90 Å². The van der Waals surface area contributed by atoms with E-state index in [-0.39, 0.29) is 23.9 Å². The van der Waals surface area contributed by atoms with Gasteiger partial charge in [0, 0.05) is 23.0 Å². The van der Waals surface area contributed by atoms with Crippen LogP contribution in [0.4, 0.5) is 16.2 Å². The number of nitrogens with one attached hydrogen (secondary N) is 1. The van der Waals surface area contributed by atoms with E-state index in [2.05, 4.69) is 5.32 Å². The highest BCUT2D eigenvalue weighted by molar-refractivity contribution is 6.22. The summed E-state index contributed by atoms with van der Waals surface area (Å²) in [6, 6.07) is 12.5. The third-order valence-electron chi connectivity index (χ3n) is 5.23. The van der Waals surface area contributed by atoms with E-state index < -0.39 is 5.54 Å². The molecule has 2 aliphatic heterocycles. The van der Waals surface area contributed by atoms with Crippen LogP contribution in [0.15, 0.2) is 42.5 Å². The Morgan fingerprint density at radius 2 is 1.71 bits per heavy atom. The van der Waals surface area contributed by atoms with E-state index in [9.17, 15) is 14.4 Å². The number of amides is 4. The molecule has 0 radical (unpaired) electrons. The van der Waals surface area contributed by atoms with Crippen LogP contribution in [-0.4, -0.2) is 34.3 Å². The largest absolute Gasteiger partial charge is 0.326 e. The molecule has 144 valence electrons. The van der Waals surface area contributed by atoms with E-state index in [0.717, 1.165) is 17.7 Å². The first-order chi connectivity index (χ1) is 13.2. The number of nitrogens with zero attached hydrogens (tertiary/aromatic N) is 2. The molecule has 0 aromatic heterocycles. The zero-order valence-corrected chi connectivity index (χ0v) is 16.4. The number of fused-ring (bicyclic) bond motifs is 2. The maximum atomic E-state index is 12.9. The first kappa shape index (κ1) is 18.2. The van der Waals surface area contributed by atoms with E-state index in [4.69, 9.17) is 0 Å². The zero-order valence-electron chi connectivity index (χ0n) is 16.4. The van der Waals surface area contributed by atoms with E-state index in [1.807, 2.05) is 52.0 Å². The monoisotopic (exact) mass is 377 g/mol. The summed E-state index contributed by atoms with van der Waals surface area (Å²) in [4.78, 5) is 41.2. The molecule has 0 saturated carbocycles. The maximum Gasteiger partial charge on any atom is 0.326 e. The predicted molar refractivity (Wildman–Crippen MR) is 108 cm³/mol. The van der Waals surface area contributed by atoms with Crippen molar-refractivity contribution in [2.45, 2.75) is 45.7 Å². The molecule has 1 unspecified atom stereocenters. The van der Waals surface area contributed by atoms with Crippen LogP contribution in [0.1, 0.15) is 54.0 Å². The minimum absolute atomic E-state index is 0.0476. The molecule has 0 fully saturated rings. The minimum atomic E-state index is -0.606. The van der Waals surface area contributed by atoms with Gasteiger partial charge in [-0.2, -0.15) is 0 Å². The Hall–Kier alpha value is -3.15. The van der Waals surface area contributed by atoms with Gasteiger partial charge in [0.15, 0.2) is 0 Å². The second-order valence-corrected chi connectivity index (χ2v) is 8.36. The highest BCUT2D eigenvalue weighted by Gasteiger charge is 2.42. The van der Waals surface area contributed by atoms with Gasteiger partial charge >= 0.3 is 6.03 Å². The Labute approximate surface area is 164 Å². The maximum absolute atomic E-state index is 12.9. The number of carbonyl (C=O) groups excluding carboxylic acids is 3. The lowest BCUT2D eigenvalue weighted by molar-refractivity contribution is 0.0507. The molecule has 2 aromatic carbocycles. The number of rotatable bonds is 1. The van der Waals surface area contributed by atoms with Crippen molar-refractivity contribution in [1.29, 1.82) is 0 Å².